The molecule has 0 radical (unpaired) electrons. The number of rotatable bonds is 7. The van der Waals surface area contributed by atoms with Gasteiger partial charge in [0.1, 0.15) is 29.7 Å². The van der Waals surface area contributed by atoms with Crippen molar-refractivity contribution in [2.24, 2.45) is 0 Å². The highest BCUT2D eigenvalue weighted by Gasteiger charge is 2.39. The maximum Gasteiger partial charge on any atom is 0.453 e. The summed E-state index contributed by atoms with van der Waals surface area (Å²) >= 11 is 1.29. The Kier molecular flexibility index (Phi) is 7.09. The molecule has 0 spiro atoms. The third-order valence-electron chi connectivity index (χ3n) is 4.28. The first kappa shape index (κ1) is 26.4. The van der Waals surface area contributed by atoms with E-state index in [1.165, 1.54) is 22.9 Å². The van der Waals surface area contributed by atoms with Gasteiger partial charge in [-0.1, -0.05) is 0 Å². The standard InChI is InChI=1S/C19H22F4N9O2PS/c1-18(2,3)34-35(33)10-32-15(27-16(28-32)19(21,22)23)13-14(12-8-30(9-25-12)36-29(4)5)31-7-11(20)6-24-17(31)26-13/h6-9,33H,10H2,1-5H3. The number of nitrogens with zero attached hydrogens (tertiary/aromatic N) is 9. The number of hydrogen-bond donors (Lipinski definition) is 1. The van der Waals surface area contributed by atoms with Gasteiger partial charge in [0.25, 0.3) is 5.82 Å². The molecule has 1 atom stereocenters. The summed E-state index contributed by atoms with van der Waals surface area (Å²) in [6.45, 7) is 5.10. The van der Waals surface area contributed by atoms with Gasteiger partial charge in [-0.15, -0.1) is 5.10 Å². The largest absolute Gasteiger partial charge is 0.453 e. The summed E-state index contributed by atoms with van der Waals surface area (Å²) in [7, 11) is 1.42. The van der Waals surface area contributed by atoms with Crippen LogP contribution in [-0.2, 0) is 17.0 Å². The quantitative estimate of drug-likeness (QED) is 0.208. The third kappa shape index (κ3) is 5.83. The first-order chi connectivity index (χ1) is 16.7. The predicted octanol–water partition coefficient (Wildman–Crippen LogP) is 4.06. The molecule has 0 aliphatic heterocycles. The lowest BCUT2D eigenvalue weighted by atomic mass is 10.2. The number of halogens is 4. The van der Waals surface area contributed by atoms with E-state index in [-0.39, 0.29) is 28.7 Å². The van der Waals surface area contributed by atoms with Gasteiger partial charge < -0.3 is 9.42 Å². The lowest BCUT2D eigenvalue weighted by Gasteiger charge is -2.23. The van der Waals surface area contributed by atoms with Gasteiger partial charge in [-0.3, -0.25) is 8.37 Å². The molecular weight excluding hydrogens is 525 g/mol. The van der Waals surface area contributed by atoms with Crippen LogP contribution >= 0.6 is 20.5 Å². The normalized spacial score (nSPS) is 13.8. The Bertz CT molecular complexity index is 1380. The Hall–Kier alpha value is -2.65. The van der Waals surface area contributed by atoms with Gasteiger partial charge in [0, 0.05) is 18.3 Å². The van der Waals surface area contributed by atoms with Gasteiger partial charge in [0.2, 0.25) is 5.78 Å². The fraction of sp³-hybridized carbons (Fsp3) is 0.421. The lowest BCUT2D eigenvalue weighted by molar-refractivity contribution is -0.144. The zero-order chi connectivity index (χ0) is 26.4. The maximum atomic E-state index is 14.1. The second kappa shape index (κ2) is 9.67. The van der Waals surface area contributed by atoms with Crippen LogP contribution in [0.3, 0.4) is 0 Å². The Morgan fingerprint density at radius 3 is 2.50 bits per heavy atom. The van der Waals surface area contributed by atoms with Gasteiger partial charge in [-0.25, -0.2) is 33.3 Å². The Morgan fingerprint density at radius 2 is 1.86 bits per heavy atom. The molecule has 0 saturated carbocycles. The van der Waals surface area contributed by atoms with Crippen LogP contribution in [-0.4, -0.2) is 67.0 Å². The van der Waals surface area contributed by atoms with Crippen molar-refractivity contribution in [3.63, 3.8) is 0 Å². The van der Waals surface area contributed by atoms with E-state index in [4.69, 9.17) is 4.52 Å². The van der Waals surface area contributed by atoms with Crippen molar-refractivity contribution in [2.45, 2.75) is 38.8 Å². The zero-order valence-corrected chi connectivity index (χ0v) is 21.5. The summed E-state index contributed by atoms with van der Waals surface area (Å²) < 4.78 is 65.9. The molecule has 0 aliphatic carbocycles. The first-order valence-corrected chi connectivity index (χ1v) is 12.5. The second-order valence-corrected chi connectivity index (χ2v) is 11.2. The fourth-order valence-corrected chi connectivity index (χ4v) is 4.90. The second-order valence-electron chi connectivity index (χ2n) is 8.72. The average molecular weight is 547 g/mol. The highest BCUT2D eigenvalue weighted by molar-refractivity contribution is 7.95. The number of imidazole rings is 2. The number of hydrogen-bond acceptors (Lipinski definition) is 9. The number of fused-ring (bicyclic) bond motifs is 1. The van der Waals surface area contributed by atoms with Crippen molar-refractivity contribution in [3.05, 3.63) is 36.6 Å². The van der Waals surface area contributed by atoms with E-state index in [9.17, 15) is 22.5 Å². The minimum absolute atomic E-state index is 0.0107. The third-order valence-corrected chi connectivity index (χ3v) is 6.26. The summed E-state index contributed by atoms with van der Waals surface area (Å²) in [6, 6.07) is 0. The summed E-state index contributed by atoms with van der Waals surface area (Å²) in [5.41, 5.74) is -0.396. The van der Waals surface area contributed by atoms with E-state index in [0.29, 0.717) is 0 Å². The number of alkyl halides is 3. The van der Waals surface area contributed by atoms with E-state index in [0.717, 1.165) is 17.1 Å². The number of aromatic nitrogens is 8. The Labute approximate surface area is 208 Å². The van der Waals surface area contributed by atoms with Crippen LogP contribution in [0.1, 0.15) is 26.6 Å². The van der Waals surface area contributed by atoms with Crippen molar-refractivity contribution in [1.29, 1.82) is 0 Å². The molecule has 4 aromatic heterocycles. The van der Waals surface area contributed by atoms with E-state index < -0.39 is 38.1 Å². The minimum atomic E-state index is -4.86. The highest BCUT2D eigenvalue weighted by Crippen LogP contribution is 2.41. The van der Waals surface area contributed by atoms with Crippen molar-refractivity contribution in [2.75, 3.05) is 14.1 Å². The average Bonchev–Trinajstić information content (AvgIpc) is 3.41. The predicted molar refractivity (Wildman–Crippen MR) is 125 cm³/mol. The van der Waals surface area contributed by atoms with Crippen molar-refractivity contribution in [1.82, 2.24) is 42.4 Å². The van der Waals surface area contributed by atoms with E-state index in [1.807, 2.05) is 14.1 Å². The van der Waals surface area contributed by atoms with Crippen molar-refractivity contribution in [3.8, 4) is 22.9 Å². The first-order valence-electron chi connectivity index (χ1n) is 10.3. The van der Waals surface area contributed by atoms with E-state index in [1.54, 1.807) is 35.2 Å². The molecule has 0 amide bonds. The summed E-state index contributed by atoms with van der Waals surface area (Å²) in [5.74, 6) is -2.41. The molecule has 0 fully saturated rings. The lowest BCUT2D eigenvalue weighted by Crippen LogP contribution is -2.17. The molecule has 1 N–H and O–H groups in total. The fourth-order valence-electron chi connectivity index (χ4n) is 3.17. The topological polar surface area (TPSA) is 111 Å². The molecule has 0 bridgehead atoms. The van der Waals surface area contributed by atoms with Gasteiger partial charge >= 0.3 is 6.18 Å². The monoisotopic (exact) mass is 547 g/mol. The van der Waals surface area contributed by atoms with Gasteiger partial charge in [-0.05, 0) is 34.9 Å². The zero-order valence-electron chi connectivity index (χ0n) is 19.8. The molecule has 17 heteroatoms. The SMILES string of the molecule is CN(C)Sn1cnc(-c2c(-c3nc(C(F)(F)F)nn3CP(O)OC(C)(C)C)nc3ncc(F)cn23)c1. The molecule has 1 unspecified atom stereocenters. The molecule has 36 heavy (non-hydrogen) atoms. The van der Waals surface area contributed by atoms with E-state index in [2.05, 4.69) is 25.0 Å². The molecule has 0 aliphatic rings. The molecule has 4 aromatic rings. The van der Waals surface area contributed by atoms with Crippen LogP contribution in [0.5, 0.6) is 0 Å². The van der Waals surface area contributed by atoms with Crippen LogP contribution in [0, 0.1) is 5.82 Å². The van der Waals surface area contributed by atoms with Crippen LogP contribution in [0.25, 0.3) is 28.7 Å². The van der Waals surface area contributed by atoms with Crippen LogP contribution in [0.15, 0.2) is 24.9 Å². The summed E-state index contributed by atoms with van der Waals surface area (Å²) in [5, 5.41) is 3.57. The molecule has 11 nitrogen and oxygen atoms in total. The van der Waals surface area contributed by atoms with Gasteiger partial charge in [0.15, 0.2) is 20.0 Å². The molecular formula is C19H22F4N9O2PS. The molecule has 0 aromatic carbocycles. The minimum Gasteiger partial charge on any atom is -0.349 e. The van der Waals surface area contributed by atoms with Crippen molar-refractivity contribution < 1.29 is 27.0 Å². The molecule has 4 rings (SSSR count). The molecule has 4 heterocycles. The Balaban J connectivity index is 1.90. The highest BCUT2D eigenvalue weighted by atomic mass is 32.2. The maximum absolute atomic E-state index is 14.1. The Morgan fingerprint density at radius 1 is 1.14 bits per heavy atom. The van der Waals surface area contributed by atoms with Crippen LogP contribution in [0.2, 0.25) is 0 Å². The summed E-state index contributed by atoms with van der Waals surface area (Å²) in [4.78, 5) is 26.7. The van der Waals surface area contributed by atoms with Crippen LogP contribution in [0.4, 0.5) is 17.6 Å². The molecule has 194 valence electrons. The van der Waals surface area contributed by atoms with E-state index >= 15 is 0 Å². The van der Waals surface area contributed by atoms with Crippen molar-refractivity contribution >= 4 is 26.3 Å². The molecule has 0 saturated heterocycles. The summed E-state index contributed by atoms with van der Waals surface area (Å²) in [6.07, 6.45) is -0.144. The van der Waals surface area contributed by atoms with Gasteiger partial charge in [0.05, 0.1) is 18.0 Å². The van der Waals surface area contributed by atoms with Gasteiger partial charge in [-0.2, -0.15) is 13.2 Å². The smallest absolute Gasteiger partial charge is 0.349 e. The van der Waals surface area contributed by atoms with Crippen LogP contribution < -0.4 is 0 Å².